The zero-order chi connectivity index (χ0) is 30.2. The van der Waals surface area contributed by atoms with Crippen LogP contribution in [0.1, 0.15) is 49.9 Å². The van der Waals surface area contributed by atoms with Crippen molar-refractivity contribution in [2.45, 2.75) is 45.6 Å². The third-order valence-electron chi connectivity index (χ3n) is 7.89. The molecule has 0 saturated carbocycles. The third kappa shape index (κ3) is 5.57. The van der Waals surface area contributed by atoms with E-state index in [0.29, 0.717) is 46.1 Å². The molecule has 5 heterocycles. The second kappa shape index (κ2) is 11.7. The summed E-state index contributed by atoms with van der Waals surface area (Å²) in [5, 5.41) is 16.1. The van der Waals surface area contributed by atoms with Crippen LogP contribution < -0.4 is 10.9 Å². The van der Waals surface area contributed by atoms with E-state index in [1.165, 1.54) is 4.68 Å². The van der Waals surface area contributed by atoms with Crippen LogP contribution in [-0.4, -0.2) is 45.2 Å². The number of nitrogens with zero attached hydrogens (tertiary/aromatic N) is 8. The number of anilines is 1. The lowest BCUT2D eigenvalue weighted by atomic mass is 9.98. The Hall–Kier alpha value is -4.35. The van der Waals surface area contributed by atoms with E-state index < -0.39 is 0 Å². The number of carbonyl (C=O) groups excluding carboxylic acids is 1. The number of aryl methyl sites for hydroxylation is 1. The Labute approximate surface area is 257 Å². The first kappa shape index (κ1) is 28.8. The quantitative estimate of drug-likeness (QED) is 0.278. The van der Waals surface area contributed by atoms with Gasteiger partial charge in [-0.3, -0.25) is 23.8 Å². The summed E-state index contributed by atoms with van der Waals surface area (Å²) < 4.78 is 4.91. The van der Waals surface area contributed by atoms with Crippen molar-refractivity contribution in [3.63, 3.8) is 0 Å². The average Bonchev–Trinajstić information content (AvgIpc) is 3.59. The van der Waals surface area contributed by atoms with Crippen LogP contribution in [-0.2, 0) is 11.8 Å². The highest BCUT2D eigenvalue weighted by Gasteiger charge is 2.24. The van der Waals surface area contributed by atoms with Gasteiger partial charge in [0, 0.05) is 40.9 Å². The van der Waals surface area contributed by atoms with Crippen LogP contribution in [0.3, 0.4) is 0 Å². The van der Waals surface area contributed by atoms with E-state index in [9.17, 15) is 9.59 Å². The molecule has 0 unspecified atom stereocenters. The molecule has 220 valence electrons. The molecular formula is C30H29Cl2N9O2. The lowest BCUT2D eigenvalue weighted by molar-refractivity contribution is -0.119. The summed E-state index contributed by atoms with van der Waals surface area (Å²) in [6.45, 7) is 3.68. The van der Waals surface area contributed by atoms with Gasteiger partial charge in [-0.25, -0.2) is 9.67 Å². The largest absolute Gasteiger partial charge is 0.323 e. The van der Waals surface area contributed by atoms with Crippen molar-refractivity contribution in [3.05, 3.63) is 87.0 Å². The normalized spacial score (nSPS) is 17.4. The second-order valence-electron chi connectivity index (χ2n) is 10.8. The molecule has 0 saturated heterocycles. The fourth-order valence-electron chi connectivity index (χ4n) is 5.57. The Morgan fingerprint density at radius 1 is 1.05 bits per heavy atom. The van der Waals surface area contributed by atoms with E-state index in [1.807, 2.05) is 26.1 Å². The first-order chi connectivity index (χ1) is 20.7. The van der Waals surface area contributed by atoms with Crippen LogP contribution in [0.2, 0.25) is 10.2 Å². The number of carbonyl (C=O) groups is 1. The van der Waals surface area contributed by atoms with Crippen molar-refractivity contribution in [2.75, 3.05) is 5.32 Å². The number of nitrogens with one attached hydrogen (secondary N) is 1. The van der Waals surface area contributed by atoms with Gasteiger partial charge in [0.2, 0.25) is 5.91 Å². The number of hydrogen-bond donors (Lipinski definition) is 1. The molecule has 6 rings (SSSR count). The van der Waals surface area contributed by atoms with Gasteiger partial charge in [0.25, 0.3) is 5.56 Å². The van der Waals surface area contributed by atoms with Crippen LogP contribution in [0.4, 0.5) is 5.69 Å². The Kier molecular flexibility index (Phi) is 7.85. The summed E-state index contributed by atoms with van der Waals surface area (Å²) in [6.07, 6.45) is 9.50. The average molecular weight is 619 g/mol. The molecule has 1 aliphatic rings. The van der Waals surface area contributed by atoms with Crippen LogP contribution in [0, 0.1) is 12.8 Å². The van der Waals surface area contributed by atoms with Crippen LogP contribution >= 0.6 is 23.2 Å². The van der Waals surface area contributed by atoms with E-state index in [0.717, 1.165) is 29.8 Å². The van der Waals surface area contributed by atoms with E-state index in [4.69, 9.17) is 33.2 Å². The lowest BCUT2D eigenvalue weighted by Crippen LogP contribution is -2.29. The Morgan fingerprint density at radius 2 is 1.86 bits per heavy atom. The van der Waals surface area contributed by atoms with Crippen molar-refractivity contribution >= 4 is 34.8 Å². The maximum Gasteiger partial charge on any atom is 0.257 e. The highest BCUT2D eigenvalue weighted by atomic mass is 35.5. The van der Waals surface area contributed by atoms with E-state index in [2.05, 4.69) is 20.7 Å². The number of aromatic nitrogens is 8. The molecule has 0 aliphatic carbocycles. The molecule has 4 aromatic heterocycles. The molecule has 5 aromatic rings. The van der Waals surface area contributed by atoms with E-state index in [-0.39, 0.29) is 28.6 Å². The van der Waals surface area contributed by atoms with Crippen molar-refractivity contribution in [1.82, 2.24) is 39.3 Å². The first-order valence-corrected chi connectivity index (χ1v) is 14.7. The van der Waals surface area contributed by atoms with Gasteiger partial charge in [-0.15, -0.1) is 5.10 Å². The molecule has 2 atom stereocenters. The standard InChI is InChI=1S/C30H29Cl2N9O2/c1-17-6-4-5-7-25(22-12-19(10-11-33-22)28-23(36-29(17)42)14-35-39(28)3)40-16-34-27(18(2)30(40)43)21-13-20(31)8-9-24(21)41-15-26(32)37-38-41/h8-17,25H,4-7H2,1-3H3,(H,36,42)/t17-,25+/m1/s1. The van der Waals surface area contributed by atoms with Crippen molar-refractivity contribution in [2.24, 2.45) is 13.0 Å². The number of rotatable bonds is 3. The van der Waals surface area contributed by atoms with Crippen LogP contribution in [0.5, 0.6) is 0 Å². The SMILES string of the molecule is Cc1c(-c2cc(Cl)ccc2-n2cc(Cl)nn2)ncn([C@H]2CCCC[C@@H](C)C(=O)Nc3cnn(C)c3-c3ccnc2c3)c1=O. The molecule has 2 bridgehead atoms. The van der Waals surface area contributed by atoms with Gasteiger partial charge in [0.15, 0.2) is 5.15 Å². The van der Waals surface area contributed by atoms with Gasteiger partial charge in [0.1, 0.15) is 0 Å². The van der Waals surface area contributed by atoms with Gasteiger partial charge in [-0.05, 0) is 50.1 Å². The van der Waals surface area contributed by atoms with Gasteiger partial charge in [-0.1, -0.05) is 48.2 Å². The summed E-state index contributed by atoms with van der Waals surface area (Å²) in [7, 11) is 1.83. The maximum absolute atomic E-state index is 14.1. The summed E-state index contributed by atoms with van der Waals surface area (Å²) >= 11 is 12.4. The predicted octanol–water partition coefficient (Wildman–Crippen LogP) is 5.64. The molecule has 0 spiro atoms. The smallest absolute Gasteiger partial charge is 0.257 e. The Balaban J connectivity index is 1.46. The topological polar surface area (TPSA) is 125 Å². The molecule has 11 nitrogen and oxygen atoms in total. The Morgan fingerprint density at radius 3 is 2.65 bits per heavy atom. The minimum absolute atomic E-state index is 0.0421. The second-order valence-corrected chi connectivity index (χ2v) is 11.6. The molecular weight excluding hydrogens is 589 g/mol. The van der Waals surface area contributed by atoms with Crippen LogP contribution in [0.15, 0.2) is 60.0 Å². The fraction of sp³-hybridized carbons (Fsp3) is 0.300. The molecule has 1 aromatic carbocycles. The van der Waals surface area contributed by atoms with Gasteiger partial charge in [0.05, 0.1) is 53.2 Å². The van der Waals surface area contributed by atoms with E-state index >= 15 is 0 Å². The number of pyridine rings is 1. The van der Waals surface area contributed by atoms with Gasteiger partial charge >= 0.3 is 0 Å². The fourth-order valence-corrected chi connectivity index (χ4v) is 5.87. The molecule has 1 amide bonds. The third-order valence-corrected chi connectivity index (χ3v) is 8.30. The zero-order valence-corrected chi connectivity index (χ0v) is 25.3. The highest BCUT2D eigenvalue weighted by Crippen LogP contribution is 2.33. The zero-order valence-electron chi connectivity index (χ0n) is 23.8. The van der Waals surface area contributed by atoms with Crippen LogP contribution in [0.25, 0.3) is 28.2 Å². The molecule has 13 heteroatoms. The summed E-state index contributed by atoms with van der Waals surface area (Å²) in [6, 6.07) is 8.72. The predicted molar refractivity (Wildman–Crippen MR) is 164 cm³/mol. The molecule has 0 fully saturated rings. The minimum Gasteiger partial charge on any atom is -0.323 e. The molecule has 0 radical (unpaired) electrons. The number of halogens is 2. The molecule has 1 N–H and O–H groups in total. The summed E-state index contributed by atoms with van der Waals surface area (Å²) in [5.74, 6) is -0.217. The Bertz CT molecular complexity index is 1890. The van der Waals surface area contributed by atoms with Gasteiger partial charge < -0.3 is 5.32 Å². The number of amides is 1. The number of fused-ring (bicyclic) bond motifs is 4. The number of hydrogen-bond acceptors (Lipinski definition) is 7. The summed E-state index contributed by atoms with van der Waals surface area (Å²) in [4.78, 5) is 36.5. The van der Waals surface area contributed by atoms with Crippen molar-refractivity contribution < 1.29 is 4.79 Å². The maximum atomic E-state index is 14.1. The summed E-state index contributed by atoms with van der Waals surface area (Å²) in [5.41, 5.74) is 4.96. The van der Waals surface area contributed by atoms with Crippen molar-refractivity contribution in [1.29, 1.82) is 0 Å². The number of benzene rings is 1. The monoisotopic (exact) mass is 617 g/mol. The van der Waals surface area contributed by atoms with Gasteiger partial charge in [-0.2, -0.15) is 5.10 Å². The van der Waals surface area contributed by atoms with Crippen molar-refractivity contribution in [3.8, 4) is 28.2 Å². The molecule has 1 aliphatic heterocycles. The minimum atomic E-state index is -0.378. The lowest BCUT2D eigenvalue weighted by Gasteiger charge is -2.21. The first-order valence-electron chi connectivity index (χ1n) is 14.0. The molecule has 43 heavy (non-hydrogen) atoms. The highest BCUT2D eigenvalue weighted by molar-refractivity contribution is 6.31. The van der Waals surface area contributed by atoms with E-state index in [1.54, 1.807) is 59.3 Å².